The van der Waals surface area contributed by atoms with Gasteiger partial charge in [-0.15, -0.1) is 0 Å². The van der Waals surface area contributed by atoms with E-state index in [9.17, 15) is 5.11 Å². The molecule has 0 spiro atoms. The van der Waals surface area contributed by atoms with Crippen LogP contribution in [-0.4, -0.2) is 22.7 Å². The molecule has 1 aromatic rings. The van der Waals surface area contributed by atoms with Crippen LogP contribution in [0.25, 0.3) is 0 Å². The molecule has 17 heavy (non-hydrogen) atoms. The Balaban J connectivity index is 2.27. The van der Waals surface area contributed by atoms with E-state index in [2.05, 4.69) is 23.7 Å². The summed E-state index contributed by atoms with van der Waals surface area (Å²) in [4.78, 5) is 6.80. The molecule has 94 valence electrons. The van der Waals surface area contributed by atoms with Crippen molar-refractivity contribution >= 4 is 5.82 Å². The predicted molar refractivity (Wildman–Crippen MR) is 70.1 cm³/mol. The van der Waals surface area contributed by atoms with Gasteiger partial charge in [-0.2, -0.15) is 0 Å². The number of aliphatic hydroxyl groups is 1. The molecule has 2 unspecified atom stereocenters. The van der Waals surface area contributed by atoms with E-state index in [0.29, 0.717) is 6.04 Å². The van der Waals surface area contributed by atoms with Crippen molar-refractivity contribution in [2.45, 2.75) is 45.8 Å². The molecule has 3 nitrogen and oxygen atoms in total. The Labute approximate surface area is 103 Å². The van der Waals surface area contributed by atoms with Gasteiger partial charge in [0, 0.05) is 24.3 Å². The highest BCUT2D eigenvalue weighted by Crippen LogP contribution is 2.30. The zero-order chi connectivity index (χ0) is 12.4. The molecule has 2 heterocycles. The normalized spacial score (nSPS) is 26.9. The van der Waals surface area contributed by atoms with Crippen molar-refractivity contribution in [2.24, 2.45) is 5.92 Å². The molecule has 2 rings (SSSR count). The summed E-state index contributed by atoms with van der Waals surface area (Å²) in [6.45, 7) is 7.40. The monoisotopic (exact) mass is 234 g/mol. The molecule has 3 atom stereocenters. The van der Waals surface area contributed by atoms with E-state index in [0.717, 1.165) is 23.8 Å². The first-order valence-electron chi connectivity index (χ1n) is 6.49. The van der Waals surface area contributed by atoms with Crippen molar-refractivity contribution in [3.63, 3.8) is 0 Å². The second-order valence-electron chi connectivity index (χ2n) is 5.26. The van der Waals surface area contributed by atoms with Crippen LogP contribution in [0.2, 0.25) is 0 Å². The molecule has 1 N–H and O–H groups in total. The Bertz CT molecular complexity index is 378. The smallest absolute Gasteiger partial charge is 0.134 e. The van der Waals surface area contributed by atoms with Gasteiger partial charge in [-0.25, -0.2) is 4.98 Å². The number of anilines is 1. The highest BCUT2D eigenvalue weighted by molar-refractivity contribution is 5.49. The number of hydrogen-bond donors (Lipinski definition) is 1. The average molecular weight is 234 g/mol. The third kappa shape index (κ3) is 2.60. The van der Waals surface area contributed by atoms with Crippen LogP contribution in [0.15, 0.2) is 18.3 Å². The third-order valence-electron chi connectivity index (χ3n) is 3.68. The fourth-order valence-electron chi connectivity index (χ4n) is 2.70. The fraction of sp³-hybridized carbons (Fsp3) is 0.643. The number of pyridine rings is 1. The van der Waals surface area contributed by atoms with Crippen LogP contribution in [0.4, 0.5) is 5.82 Å². The Morgan fingerprint density at radius 3 is 2.88 bits per heavy atom. The molecule has 1 saturated heterocycles. The standard InChI is InChI=1S/C14H22N2O/c1-10-6-8-16(11(2)9-10)14-13(12(3)17)5-4-7-15-14/h4-5,7,10-12,17H,6,8-9H2,1-3H3/t10?,11?,12-/m1/s1. The number of piperidine rings is 1. The molecular weight excluding hydrogens is 212 g/mol. The molecule has 0 radical (unpaired) electrons. The minimum absolute atomic E-state index is 0.453. The Hall–Kier alpha value is -1.09. The Morgan fingerprint density at radius 1 is 1.47 bits per heavy atom. The lowest BCUT2D eigenvalue weighted by atomic mass is 9.93. The number of nitrogens with zero attached hydrogens (tertiary/aromatic N) is 2. The Morgan fingerprint density at radius 2 is 2.24 bits per heavy atom. The summed E-state index contributed by atoms with van der Waals surface area (Å²) in [7, 11) is 0. The van der Waals surface area contributed by atoms with E-state index in [1.165, 1.54) is 12.8 Å². The van der Waals surface area contributed by atoms with Crippen molar-refractivity contribution in [3.8, 4) is 0 Å². The van der Waals surface area contributed by atoms with Crippen LogP contribution in [-0.2, 0) is 0 Å². The SMILES string of the molecule is CC1CCN(c2ncccc2[C@@H](C)O)C(C)C1. The Kier molecular flexibility index (Phi) is 3.67. The van der Waals surface area contributed by atoms with Crippen molar-refractivity contribution in [1.82, 2.24) is 4.98 Å². The van der Waals surface area contributed by atoms with Crippen LogP contribution in [0.5, 0.6) is 0 Å². The lowest BCUT2D eigenvalue weighted by molar-refractivity contribution is 0.198. The molecule has 1 aliphatic heterocycles. The van der Waals surface area contributed by atoms with Gasteiger partial charge in [0.2, 0.25) is 0 Å². The fourth-order valence-corrected chi connectivity index (χ4v) is 2.70. The van der Waals surface area contributed by atoms with Gasteiger partial charge in [-0.1, -0.05) is 13.0 Å². The maximum absolute atomic E-state index is 9.81. The van der Waals surface area contributed by atoms with E-state index < -0.39 is 6.10 Å². The molecule has 0 bridgehead atoms. The van der Waals surface area contributed by atoms with E-state index >= 15 is 0 Å². The highest BCUT2D eigenvalue weighted by Gasteiger charge is 2.26. The largest absolute Gasteiger partial charge is 0.389 e. The first-order valence-corrected chi connectivity index (χ1v) is 6.49. The van der Waals surface area contributed by atoms with Gasteiger partial charge in [0.05, 0.1) is 6.10 Å². The minimum atomic E-state index is -0.453. The van der Waals surface area contributed by atoms with Gasteiger partial charge in [0.1, 0.15) is 5.82 Å². The first kappa shape index (κ1) is 12.4. The van der Waals surface area contributed by atoms with Crippen LogP contribution in [0.3, 0.4) is 0 Å². The predicted octanol–water partition coefficient (Wildman–Crippen LogP) is 2.76. The second-order valence-corrected chi connectivity index (χ2v) is 5.26. The zero-order valence-electron chi connectivity index (χ0n) is 10.9. The molecule has 3 heteroatoms. The van der Waals surface area contributed by atoms with E-state index in [4.69, 9.17) is 0 Å². The summed E-state index contributed by atoms with van der Waals surface area (Å²) < 4.78 is 0. The molecule has 1 fully saturated rings. The number of aliphatic hydroxyl groups excluding tert-OH is 1. The minimum Gasteiger partial charge on any atom is -0.389 e. The van der Waals surface area contributed by atoms with Gasteiger partial charge in [0.15, 0.2) is 0 Å². The summed E-state index contributed by atoms with van der Waals surface area (Å²) in [5, 5.41) is 9.81. The molecule has 1 aliphatic rings. The van der Waals surface area contributed by atoms with Gasteiger partial charge < -0.3 is 10.0 Å². The van der Waals surface area contributed by atoms with Gasteiger partial charge in [-0.05, 0) is 38.7 Å². The summed E-state index contributed by atoms with van der Waals surface area (Å²) >= 11 is 0. The number of rotatable bonds is 2. The average Bonchev–Trinajstić information content (AvgIpc) is 2.29. The first-order chi connectivity index (χ1) is 8.09. The molecule has 0 amide bonds. The van der Waals surface area contributed by atoms with Crippen LogP contribution >= 0.6 is 0 Å². The summed E-state index contributed by atoms with van der Waals surface area (Å²) in [6, 6.07) is 4.37. The maximum atomic E-state index is 9.81. The summed E-state index contributed by atoms with van der Waals surface area (Å²) in [5.74, 6) is 1.75. The van der Waals surface area contributed by atoms with Gasteiger partial charge in [0.25, 0.3) is 0 Å². The lowest BCUT2D eigenvalue weighted by Crippen LogP contribution is -2.41. The summed E-state index contributed by atoms with van der Waals surface area (Å²) in [5.41, 5.74) is 0.939. The topological polar surface area (TPSA) is 36.4 Å². The summed E-state index contributed by atoms with van der Waals surface area (Å²) in [6.07, 6.45) is 3.77. The van der Waals surface area contributed by atoms with Gasteiger partial charge >= 0.3 is 0 Å². The van der Waals surface area contributed by atoms with Crippen molar-refractivity contribution in [1.29, 1.82) is 0 Å². The van der Waals surface area contributed by atoms with Crippen molar-refractivity contribution in [3.05, 3.63) is 23.9 Å². The van der Waals surface area contributed by atoms with Gasteiger partial charge in [-0.3, -0.25) is 0 Å². The third-order valence-corrected chi connectivity index (χ3v) is 3.68. The quantitative estimate of drug-likeness (QED) is 0.854. The lowest BCUT2D eigenvalue weighted by Gasteiger charge is -2.38. The maximum Gasteiger partial charge on any atom is 0.134 e. The van der Waals surface area contributed by atoms with Crippen molar-refractivity contribution in [2.75, 3.05) is 11.4 Å². The van der Waals surface area contributed by atoms with Crippen molar-refractivity contribution < 1.29 is 5.11 Å². The number of hydrogen-bond acceptors (Lipinski definition) is 3. The van der Waals surface area contributed by atoms with E-state index in [1.807, 2.05) is 18.3 Å². The molecular formula is C14H22N2O. The second kappa shape index (κ2) is 5.05. The molecule has 1 aromatic heterocycles. The number of aromatic nitrogens is 1. The van der Waals surface area contributed by atoms with Crippen LogP contribution in [0.1, 0.15) is 45.3 Å². The zero-order valence-corrected chi connectivity index (χ0v) is 10.9. The molecule has 0 aliphatic carbocycles. The van der Waals surface area contributed by atoms with E-state index in [1.54, 1.807) is 6.92 Å². The van der Waals surface area contributed by atoms with E-state index in [-0.39, 0.29) is 0 Å². The molecule has 0 saturated carbocycles. The van der Waals surface area contributed by atoms with Crippen LogP contribution < -0.4 is 4.90 Å². The highest BCUT2D eigenvalue weighted by atomic mass is 16.3. The van der Waals surface area contributed by atoms with Crippen LogP contribution in [0, 0.1) is 5.92 Å². The molecule has 0 aromatic carbocycles.